The lowest BCUT2D eigenvalue weighted by atomic mass is 9.84. The second-order valence-electron chi connectivity index (χ2n) is 6.26. The number of rotatable bonds is 4. The number of nitrogens with one attached hydrogen (secondary N) is 1. The summed E-state index contributed by atoms with van der Waals surface area (Å²) in [6.07, 6.45) is 5.70. The summed E-state index contributed by atoms with van der Waals surface area (Å²) in [5, 5.41) is 13.9. The van der Waals surface area contributed by atoms with Gasteiger partial charge in [-0.1, -0.05) is 30.2 Å². The molecule has 1 aromatic rings. The number of benzene rings is 1. The smallest absolute Gasteiger partial charge is 0.138 e. The van der Waals surface area contributed by atoms with E-state index in [-0.39, 0.29) is 5.75 Å². The van der Waals surface area contributed by atoms with Crippen LogP contribution in [-0.2, 0) is 6.54 Å². The van der Waals surface area contributed by atoms with Gasteiger partial charge in [-0.3, -0.25) is 0 Å². The first-order valence-corrected chi connectivity index (χ1v) is 7.72. The molecule has 19 heavy (non-hydrogen) atoms. The van der Waals surface area contributed by atoms with E-state index in [4.69, 9.17) is 11.6 Å². The van der Waals surface area contributed by atoms with E-state index in [1.807, 2.05) is 12.1 Å². The fraction of sp³-hybridized carbons (Fsp3) is 0.625. The van der Waals surface area contributed by atoms with Crippen LogP contribution in [-0.4, -0.2) is 11.1 Å². The van der Waals surface area contributed by atoms with Crippen molar-refractivity contribution in [2.24, 2.45) is 17.8 Å². The van der Waals surface area contributed by atoms with Crippen LogP contribution in [0.3, 0.4) is 0 Å². The molecule has 2 saturated carbocycles. The Morgan fingerprint density at radius 1 is 1.37 bits per heavy atom. The number of hydrogen-bond donors (Lipinski definition) is 2. The predicted molar refractivity (Wildman–Crippen MR) is 78.4 cm³/mol. The van der Waals surface area contributed by atoms with Crippen molar-refractivity contribution in [3.05, 3.63) is 28.8 Å². The fourth-order valence-corrected chi connectivity index (χ4v) is 4.23. The van der Waals surface area contributed by atoms with E-state index in [0.717, 1.165) is 23.3 Å². The fourth-order valence-electron chi connectivity index (χ4n) is 4.03. The number of para-hydroxylation sites is 1. The Hall–Kier alpha value is -0.730. The molecular weight excluding hydrogens is 258 g/mol. The molecule has 1 aromatic carbocycles. The molecule has 4 unspecified atom stereocenters. The maximum Gasteiger partial charge on any atom is 0.138 e. The largest absolute Gasteiger partial charge is 0.506 e. The highest BCUT2D eigenvalue weighted by molar-refractivity contribution is 6.32. The van der Waals surface area contributed by atoms with Crippen molar-refractivity contribution in [2.45, 2.75) is 45.2 Å². The number of hydrogen-bond acceptors (Lipinski definition) is 2. The topological polar surface area (TPSA) is 32.3 Å². The summed E-state index contributed by atoms with van der Waals surface area (Å²) in [7, 11) is 0. The summed E-state index contributed by atoms with van der Waals surface area (Å²) < 4.78 is 0. The normalized spacial score (nSPS) is 30.7. The summed E-state index contributed by atoms with van der Waals surface area (Å²) in [6, 6.07) is 6.07. The van der Waals surface area contributed by atoms with Crippen LogP contribution in [0.1, 0.15) is 38.2 Å². The van der Waals surface area contributed by atoms with Crippen molar-refractivity contribution >= 4 is 11.6 Å². The SMILES string of the molecule is CC(NCc1cccc(Cl)c1O)C1CC2CCC1C2. The van der Waals surface area contributed by atoms with E-state index in [1.54, 1.807) is 6.07 Å². The molecule has 0 heterocycles. The van der Waals surface area contributed by atoms with Gasteiger partial charge in [-0.15, -0.1) is 0 Å². The molecule has 104 valence electrons. The molecule has 0 amide bonds. The first-order valence-electron chi connectivity index (χ1n) is 7.35. The molecule has 3 heteroatoms. The van der Waals surface area contributed by atoms with Crippen molar-refractivity contribution in [1.82, 2.24) is 5.32 Å². The van der Waals surface area contributed by atoms with E-state index in [2.05, 4.69) is 12.2 Å². The molecular formula is C16H22ClNO. The zero-order chi connectivity index (χ0) is 13.4. The van der Waals surface area contributed by atoms with Gasteiger partial charge < -0.3 is 10.4 Å². The number of aromatic hydroxyl groups is 1. The van der Waals surface area contributed by atoms with Crippen LogP contribution < -0.4 is 5.32 Å². The standard InChI is InChI=1S/C16H22ClNO/c1-10(14-8-11-5-6-12(14)7-11)18-9-13-3-2-4-15(17)16(13)19/h2-4,10-12,14,18-19H,5-9H2,1H3. The Kier molecular flexibility index (Phi) is 3.72. The molecule has 2 fully saturated rings. The minimum atomic E-state index is 0.219. The second kappa shape index (κ2) is 5.34. The minimum absolute atomic E-state index is 0.219. The minimum Gasteiger partial charge on any atom is -0.506 e. The third kappa shape index (κ3) is 2.61. The lowest BCUT2D eigenvalue weighted by Gasteiger charge is -2.28. The lowest BCUT2D eigenvalue weighted by Crippen LogP contribution is -2.35. The molecule has 0 saturated heterocycles. The Morgan fingerprint density at radius 3 is 2.89 bits per heavy atom. The Balaban J connectivity index is 1.58. The number of fused-ring (bicyclic) bond motifs is 2. The molecule has 0 spiro atoms. The number of phenolic OH excluding ortho intramolecular Hbond substituents is 1. The molecule has 2 aliphatic carbocycles. The molecule has 2 N–H and O–H groups in total. The van der Waals surface area contributed by atoms with E-state index in [9.17, 15) is 5.11 Å². The molecule has 0 aromatic heterocycles. The first kappa shape index (κ1) is 13.3. The maximum atomic E-state index is 9.91. The van der Waals surface area contributed by atoms with Crippen LogP contribution >= 0.6 is 11.6 Å². The van der Waals surface area contributed by atoms with Gasteiger partial charge in [0.2, 0.25) is 0 Å². The highest BCUT2D eigenvalue weighted by Crippen LogP contribution is 2.49. The Morgan fingerprint density at radius 2 is 2.21 bits per heavy atom. The predicted octanol–water partition coefficient (Wildman–Crippen LogP) is 3.96. The third-order valence-electron chi connectivity index (χ3n) is 5.12. The summed E-state index contributed by atoms with van der Waals surface area (Å²) in [4.78, 5) is 0. The van der Waals surface area contributed by atoms with Gasteiger partial charge in [0, 0.05) is 18.2 Å². The van der Waals surface area contributed by atoms with Gasteiger partial charge in [0.1, 0.15) is 5.75 Å². The monoisotopic (exact) mass is 279 g/mol. The van der Waals surface area contributed by atoms with E-state index in [1.165, 1.54) is 25.7 Å². The van der Waals surface area contributed by atoms with Gasteiger partial charge in [0.25, 0.3) is 0 Å². The first-order chi connectivity index (χ1) is 9.15. The molecule has 2 bridgehead atoms. The van der Waals surface area contributed by atoms with Gasteiger partial charge in [0.05, 0.1) is 5.02 Å². The molecule has 4 atom stereocenters. The van der Waals surface area contributed by atoms with Crippen LogP contribution in [0.2, 0.25) is 5.02 Å². The average Bonchev–Trinajstić information content (AvgIpc) is 3.02. The van der Waals surface area contributed by atoms with Crippen LogP contribution in [0.15, 0.2) is 18.2 Å². The molecule has 0 radical (unpaired) electrons. The quantitative estimate of drug-likeness (QED) is 0.874. The molecule has 0 aliphatic heterocycles. The molecule has 2 aliphatic rings. The highest BCUT2D eigenvalue weighted by Gasteiger charge is 2.41. The van der Waals surface area contributed by atoms with Gasteiger partial charge in [0.15, 0.2) is 0 Å². The van der Waals surface area contributed by atoms with E-state index < -0.39 is 0 Å². The van der Waals surface area contributed by atoms with Crippen LogP contribution in [0.4, 0.5) is 0 Å². The van der Waals surface area contributed by atoms with Crippen LogP contribution in [0, 0.1) is 17.8 Å². The molecule has 3 rings (SSSR count). The van der Waals surface area contributed by atoms with E-state index in [0.29, 0.717) is 17.6 Å². The third-order valence-corrected chi connectivity index (χ3v) is 5.42. The summed E-state index contributed by atoms with van der Waals surface area (Å²) in [5.41, 5.74) is 0.891. The van der Waals surface area contributed by atoms with Crippen molar-refractivity contribution in [2.75, 3.05) is 0 Å². The van der Waals surface area contributed by atoms with Crippen LogP contribution in [0.25, 0.3) is 0 Å². The number of halogens is 1. The maximum absolute atomic E-state index is 9.91. The van der Waals surface area contributed by atoms with Crippen molar-refractivity contribution in [3.63, 3.8) is 0 Å². The Bertz CT molecular complexity index is 462. The Labute approximate surface area is 120 Å². The summed E-state index contributed by atoms with van der Waals surface area (Å²) >= 11 is 5.93. The van der Waals surface area contributed by atoms with Gasteiger partial charge in [-0.2, -0.15) is 0 Å². The zero-order valence-corrected chi connectivity index (χ0v) is 12.2. The van der Waals surface area contributed by atoms with Crippen molar-refractivity contribution in [1.29, 1.82) is 0 Å². The summed E-state index contributed by atoms with van der Waals surface area (Å²) in [5.74, 6) is 2.95. The van der Waals surface area contributed by atoms with Crippen LogP contribution in [0.5, 0.6) is 5.75 Å². The summed E-state index contributed by atoms with van der Waals surface area (Å²) in [6.45, 7) is 2.98. The lowest BCUT2D eigenvalue weighted by molar-refractivity contribution is 0.259. The second-order valence-corrected chi connectivity index (χ2v) is 6.66. The average molecular weight is 280 g/mol. The van der Waals surface area contributed by atoms with Gasteiger partial charge in [-0.05, 0) is 50.0 Å². The van der Waals surface area contributed by atoms with E-state index >= 15 is 0 Å². The van der Waals surface area contributed by atoms with Crippen molar-refractivity contribution in [3.8, 4) is 5.75 Å². The van der Waals surface area contributed by atoms with Crippen molar-refractivity contribution < 1.29 is 5.11 Å². The number of phenols is 1. The van der Waals surface area contributed by atoms with Gasteiger partial charge >= 0.3 is 0 Å². The highest BCUT2D eigenvalue weighted by atomic mass is 35.5. The zero-order valence-electron chi connectivity index (χ0n) is 11.4. The van der Waals surface area contributed by atoms with Gasteiger partial charge in [-0.25, -0.2) is 0 Å². The molecule has 2 nitrogen and oxygen atoms in total.